The number of pyridine rings is 1. The minimum absolute atomic E-state index is 0.120. The molecule has 0 bridgehead atoms. The molecule has 168 valence electrons. The third-order valence-electron chi connectivity index (χ3n) is 6.90. The van der Waals surface area contributed by atoms with Crippen LogP contribution in [0.2, 0.25) is 0 Å². The number of hydrogen-bond acceptors (Lipinski definition) is 7. The van der Waals surface area contributed by atoms with Crippen LogP contribution in [0.15, 0.2) is 42.7 Å². The van der Waals surface area contributed by atoms with E-state index in [0.717, 1.165) is 60.9 Å². The minimum Gasteiger partial charge on any atom is -0.374 e. The van der Waals surface area contributed by atoms with Crippen molar-refractivity contribution in [1.29, 1.82) is 0 Å². The number of fused-ring (bicyclic) bond motifs is 1. The topological polar surface area (TPSA) is 75.2 Å². The fourth-order valence-electron chi connectivity index (χ4n) is 4.58. The standard InChI is InChI=1S/C25H32N6O/c1-3-25(2)8-12-31(17-25)19-6-4-18(5-7-19)21-14-22-23(28-10-9-27-22)24(30-21)29-16-20-15-26-11-13-32-20/h4-7,9-10,14,20,26H,3,8,11-13,15-17H2,1-2H3,(H,29,30)/t20?,25-/m0/s1. The average molecular weight is 433 g/mol. The predicted molar refractivity (Wildman–Crippen MR) is 129 cm³/mol. The molecule has 2 aromatic heterocycles. The molecule has 7 heteroatoms. The molecule has 3 aromatic rings. The molecular weight excluding hydrogens is 400 g/mol. The van der Waals surface area contributed by atoms with E-state index < -0.39 is 0 Å². The molecular formula is C25H32N6O. The van der Waals surface area contributed by atoms with Crippen molar-refractivity contribution in [2.24, 2.45) is 5.41 Å². The molecule has 7 nitrogen and oxygen atoms in total. The quantitative estimate of drug-likeness (QED) is 0.615. The van der Waals surface area contributed by atoms with Gasteiger partial charge < -0.3 is 20.3 Å². The SMILES string of the molecule is CC[C@@]1(C)CCN(c2ccc(-c3cc4nccnc4c(NCC4CNCCO4)n3)cc2)C1. The zero-order chi connectivity index (χ0) is 22.0. The van der Waals surface area contributed by atoms with Crippen LogP contribution in [-0.2, 0) is 4.74 Å². The summed E-state index contributed by atoms with van der Waals surface area (Å²) in [6.45, 7) is 10.1. The molecule has 2 atom stereocenters. The summed E-state index contributed by atoms with van der Waals surface area (Å²) in [4.78, 5) is 16.5. The number of ether oxygens (including phenoxy) is 1. The van der Waals surface area contributed by atoms with Crippen LogP contribution in [0.1, 0.15) is 26.7 Å². The lowest BCUT2D eigenvalue weighted by atomic mass is 9.87. The lowest BCUT2D eigenvalue weighted by molar-refractivity contribution is 0.0372. The van der Waals surface area contributed by atoms with E-state index in [9.17, 15) is 0 Å². The van der Waals surface area contributed by atoms with Crippen molar-refractivity contribution in [3.63, 3.8) is 0 Å². The van der Waals surface area contributed by atoms with Crippen molar-refractivity contribution >= 4 is 22.5 Å². The van der Waals surface area contributed by atoms with Crippen LogP contribution in [0.25, 0.3) is 22.3 Å². The summed E-state index contributed by atoms with van der Waals surface area (Å²) in [6.07, 6.45) is 6.04. The highest BCUT2D eigenvalue weighted by atomic mass is 16.5. The third-order valence-corrected chi connectivity index (χ3v) is 6.90. The first kappa shape index (κ1) is 21.1. The van der Waals surface area contributed by atoms with Gasteiger partial charge in [-0.05, 0) is 36.5 Å². The molecule has 0 spiro atoms. The average Bonchev–Trinajstić information content (AvgIpc) is 3.26. The highest BCUT2D eigenvalue weighted by molar-refractivity contribution is 5.88. The lowest BCUT2D eigenvalue weighted by Gasteiger charge is -2.24. The monoisotopic (exact) mass is 432 g/mol. The van der Waals surface area contributed by atoms with Gasteiger partial charge in [0.15, 0.2) is 5.82 Å². The van der Waals surface area contributed by atoms with Crippen LogP contribution in [0.3, 0.4) is 0 Å². The number of nitrogens with zero attached hydrogens (tertiary/aromatic N) is 4. The van der Waals surface area contributed by atoms with Gasteiger partial charge >= 0.3 is 0 Å². The highest BCUT2D eigenvalue weighted by Crippen LogP contribution is 2.36. The molecule has 0 aliphatic carbocycles. The molecule has 2 fully saturated rings. The Balaban J connectivity index is 1.39. The molecule has 2 N–H and O–H groups in total. The van der Waals surface area contributed by atoms with E-state index in [0.29, 0.717) is 12.0 Å². The van der Waals surface area contributed by atoms with E-state index in [1.165, 1.54) is 18.5 Å². The summed E-state index contributed by atoms with van der Waals surface area (Å²) in [5.41, 5.74) is 5.31. The fraction of sp³-hybridized carbons (Fsp3) is 0.480. The fourth-order valence-corrected chi connectivity index (χ4v) is 4.58. The molecule has 2 aliphatic heterocycles. The molecule has 2 aliphatic rings. The van der Waals surface area contributed by atoms with Gasteiger partial charge in [0, 0.05) is 56.4 Å². The second-order valence-corrected chi connectivity index (χ2v) is 9.24. The molecule has 1 unspecified atom stereocenters. The molecule has 32 heavy (non-hydrogen) atoms. The Labute approximate surface area is 189 Å². The first-order chi connectivity index (χ1) is 15.6. The maximum absolute atomic E-state index is 5.82. The van der Waals surface area contributed by atoms with E-state index >= 15 is 0 Å². The summed E-state index contributed by atoms with van der Waals surface area (Å²) >= 11 is 0. The molecule has 0 amide bonds. The van der Waals surface area contributed by atoms with Gasteiger partial charge in [-0.1, -0.05) is 26.0 Å². The van der Waals surface area contributed by atoms with E-state index in [-0.39, 0.29) is 6.10 Å². The van der Waals surface area contributed by atoms with Crippen molar-refractivity contribution in [3.05, 3.63) is 42.7 Å². The summed E-state index contributed by atoms with van der Waals surface area (Å²) in [5.74, 6) is 0.752. The van der Waals surface area contributed by atoms with Crippen molar-refractivity contribution in [2.45, 2.75) is 32.8 Å². The zero-order valence-corrected chi connectivity index (χ0v) is 19.0. The molecule has 0 saturated carbocycles. The number of anilines is 2. The second kappa shape index (κ2) is 9.00. The van der Waals surface area contributed by atoms with Crippen molar-refractivity contribution in [3.8, 4) is 11.3 Å². The Morgan fingerprint density at radius 3 is 2.81 bits per heavy atom. The van der Waals surface area contributed by atoms with Crippen LogP contribution < -0.4 is 15.5 Å². The van der Waals surface area contributed by atoms with Gasteiger partial charge in [0.25, 0.3) is 0 Å². The van der Waals surface area contributed by atoms with Crippen molar-refractivity contribution in [2.75, 3.05) is 49.5 Å². The van der Waals surface area contributed by atoms with E-state index in [1.54, 1.807) is 12.4 Å². The number of aromatic nitrogens is 3. The summed E-state index contributed by atoms with van der Waals surface area (Å²) < 4.78 is 5.82. The van der Waals surface area contributed by atoms with Crippen LogP contribution in [0, 0.1) is 5.41 Å². The van der Waals surface area contributed by atoms with Crippen LogP contribution >= 0.6 is 0 Å². The number of morpholine rings is 1. The number of rotatable bonds is 6. The van der Waals surface area contributed by atoms with Gasteiger partial charge in [-0.3, -0.25) is 4.98 Å². The van der Waals surface area contributed by atoms with Crippen LogP contribution in [-0.4, -0.2) is 60.4 Å². The minimum atomic E-state index is 0.120. The summed E-state index contributed by atoms with van der Waals surface area (Å²) in [6, 6.07) is 10.8. The summed E-state index contributed by atoms with van der Waals surface area (Å²) in [7, 11) is 0. The Morgan fingerprint density at radius 1 is 1.22 bits per heavy atom. The van der Waals surface area contributed by atoms with E-state index in [2.05, 4.69) is 63.6 Å². The van der Waals surface area contributed by atoms with Crippen molar-refractivity contribution < 1.29 is 4.74 Å². The molecule has 5 rings (SSSR count). The Bertz CT molecular complexity index is 1070. The van der Waals surface area contributed by atoms with Gasteiger partial charge in [-0.25, -0.2) is 9.97 Å². The Hall–Kier alpha value is -2.77. The second-order valence-electron chi connectivity index (χ2n) is 9.24. The van der Waals surface area contributed by atoms with Gasteiger partial charge in [0.1, 0.15) is 5.52 Å². The first-order valence-corrected chi connectivity index (χ1v) is 11.7. The Morgan fingerprint density at radius 2 is 2.06 bits per heavy atom. The van der Waals surface area contributed by atoms with Gasteiger partial charge in [-0.2, -0.15) is 0 Å². The summed E-state index contributed by atoms with van der Waals surface area (Å²) in [5, 5.41) is 6.82. The molecule has 1 aromatic carbocycles. The highest BCUT2D eigenvalue weighted by Gasteiger charge is 2.32. The zero-order valence-electron chi connectivity index (χ0n) is 19.0. The normalized spacial score (nSPS) is 23.6. The van der Waals surface area contributed by atoms with Crippen LogP contribution in [0.5, 0.6) is 0 Å². The molecule has 0 radical (unpaired) electrons. The van der Waals surface area contributed by atoms with Crippen LogP contribution in [0.4, 0.5) is 11.5 Å². The molecule has 2 saturated heterocycles. The lowest BCUT2D eigenvalue weighted by Crippen LogP contribution is -2.42. The molecule has 4 heterocycles. The third kappa shape index (κ3) is 4.40. The maximum Gasteiger partial charge on any atom is 0.154 e. The Kier molecular flexibility index (Phi) is 5.93. The van der Waals surface area contributed by atoms with Gasteiger partial charge in [-0.15, -0.1) is 0 Å². The van der Waals surface area contributed by atoms with Gasteiger partial charge in [0.05, 0.1) is 23.9 Å². The van der Waals surface area contributed by atoms with E-state index in [1.807, 2.05) is 6.07 Å². The maximum atomic E-state index is 5.82. The van der Waals surface area contributed by atoms with Gasteiger partial charge in [0.2, 0.25) is 0 Å². The largest absolute Gasteiger partial charge is 0.374 e. The van der Waals surface area contributed by atoms with Crippen molar-refractivity contribution in [1.82, 2.24) is 20.3 Å². The number of nitrogens with one attached hydrogen (secondary N) is 2. The number of benzene rings is 1. The first-order valence-electron chi connectivity index (χ1n) is 11.7. The predicted octanol–water partition coefficient (Wildman–Crippen LogP) is 3.72. The smallest absolute Gasteiger partial charge is 0.154 e. The van der Waals surface area contributed by atoms with E-state index in [4.69, 9.17) is 9.72 Å². The number of hydrogen-bond donors (Lipinski definition) is 2.